The summed E-state index contributed by atoms with van der Waals surface area (Å²) in [5.74, 6) is -0.196. The molecular weight excluding hydrogens is 229 g/mol. The topological polar surface area (TPSA) is 80.3 Å². The molecule has 1 aromatic heterocycles. The summed E-state index contributed by atoms with van der Waals surface area (Å²) in [5, 5.41) is 4.88. The first-order valence-electron chi connectivity index (χ1n) is 4.94. The van der Waals surface area contributed by atoms with Crippen LogP contribution in [0.1, 0.15) is 5.69 Å². The van der Waals surface area contributed by atoms with Gasteiger partial charge in [0, 0.05) is 0 Å². The van der Waals surface area contributed by atoms with Gasteiger partial charge in [0.15, 0.2) is 24.8 Å². The standard InChI is InChI=1S/C10H10FN3O3/c11-3-8(15)12-4-6-1-2-7-10(13-6)14-9(16)5-17-7/h1-2H,3-5H2,(H,12,15)(H,13,14,16). The fourth-order valence-corrected chi connectivity index (χ4v) is 1.34. The van der Waals surface area contributed by atoms with Crippen molar-refractivity contribution in [3.05, 3.63) is 17.8 Å². The maximum atomic E-state index is 11.9. The summed E-state index contributed by atoms with van der Waals surface area (Å²) in [5.41, 5.74) is 0.511. The number of carbonyl (C=O) groups excluding carboxylic acids is 2. The molecule has 0 bridgehead atoms. The number of pyridine rings is 1. The van der Waals surface area contributed by atoms with Gasteiger partial charge in [0.25, 0.3) is 11.8 Å². The highest BCUT2D eigenvalue weighted by Gasteiger charge is 2.17. The van der Waals surface area contributed by atoms with Crippen LogP contribution >= 0.6 is 0 Å². The van der Waals surface area contributed by atoms with E-state index in [0.29, 0.717) is 17.3 Å². The number of halogens is 1. The zero-order chi connectivity index (χ0) is 12.3. The fourth-order valence-electron chi connectivity index (χ4n) is 1.34. The summed E-state index contributed by atoms with van der Waals surface area (Å²) in [7, 11) is 0. The van der Waals surface area contributed by atoms with E-state index in [4.69, 9.17) is 4.74 Å². The Kier molecular flexibility index (Phi) is 3.17. The zero-order valence-electron chi connectivity index (χ0n) is 8.83. The van der Waals surface area contributed by atoms with Gasteiger partial charge in [-0.1, -0.05) is 0 Å². The lowest BCUT2D eigenvalue weighted by molar-refractivity contribution is -0.122. The third kappa shape index (κ3) is 2.68. The molecule has 0 unspecified atom stereocenters. The van der Waals surface area contributed by atoms with Crippen LogP contribution in [0, 0.1) is 0 Å². The molecule has 2 amide bonds. The van der Waals surface area contributed by atoms with Crippen LogP contribution < -0.4 is 15.4 Å². The number of fused-ring (bicyclic) bond motifs is 1. The molecule has 2 N–H and O–H groups in total. The highest BCUT2D eigenvalue weighted by Crippen LogP contribution is 2.25. The van der Waals surface area contributed by atoms with Crippen LogP contribution in [0.3, 0.4) is 0 Å². The Labute approximate surface area is 96.2 Å². The number of nitrogens with one attached hydrogen (secondary N) is 2. The fraction of sp³-hybridized carbons (Fsp3) is 0.300. The van der Waals surface area contributed by atoms with Gasteiger partial charge in [-0.25, -0.2) is 9.37 Å². The lowest BCUT2D eigenvalue weighted by Crippen LogP contribution is -2.27. The first-order valence-corrected chi connectivity index (χ1v) is 4.94. The molecule has 0 fully saturated rings. The third-order valence-electron chi connectivity index (χ3n) is 2.12. The van der Waals surface area contributed by atoms with E-state index in [1.807, 2.05) is 0 Å². The van der Waals surface area contributed by atoms with E-state index in [1.165, 1.54) is 0 Å². The second-order valence-corrected chi connectivity index (χ2v) is 3.40. The Morgan fingerprint density at radius 1 is 1.59 bits per heavy atom. The molecule has 0 saturated carbocycles. The quantitative estimate of drug-likeness (QED) is 0.778. The molecule has 6 nitrogen and oxygen atoms in total. The number of aromatic nitrogens is 1. The van der Waals surface area contributed by atoms with Crippen molar-refractivity contribution in [3.8, 4) is 5.75 Å². The van der Waals surface area contributed by atoms with Crippen molar-refractivity contribution in [3.63, 3.8) is 0 Å². The van der Waals surface area contributed by atoms with Gasteiger partial charge in [0.2, 0.25) is 0 Å². The van der Waals surface area contributed by atoms with Gasteiger partial charge in [0.1, 0.15) is 0 Å². The minimum absolute atomic E-state index is 0.0351. The van der Waals surface area contributed by atoms with E-state index in [2.05, 4.69) is 15.6 Å². The van der Waals surface area contributed by atoms with Gasteiger partial charge in [0.05, 0.1) is 12.2 Å². The number of amides is 2. The summed E-state index contributed by atoms with van der Waals surface area (Å²) >= 11 is 0. The number of hydrogen-bond donors (Lipinski definition) is 2. The zero-order valence-corrected chi connectivity index (χ0v) is 8.83. The molecule has 90 valence electrons. The molecule has 2 heterocycles. The Morgan fingerprint density at radius 3 is 3.18 bits per heavy atom. The van der Waals surface area contributed by atoms with Gasteiger partial charge < -0.3 is 15.4 Å². The molecule has 0 spiro atoms. The number of ether oxygens (including phenoxy) is 1. The smallest absolute Gasteiger partial charge is 0.263 e. The van der Waals surface area contributed by atoms with E-state index in [-0.39, 0.29) is 19.1 Å². The molecule has 7 heteroatoms. The minimum Gasteiger partial charge on any atom is -0.480 e. The van der Waals surface area contributed by atoms with E-state index < -0.39 is 12.6 Å². The highest BCUT2D eigenvalue weighted by molar-refractivity contribution is 5.94. The molecule has 0 aliphatic carbocycles. The monoisotopic (exact) mass is 239 g/mol. The van der Waals surface area contributed by atoms with Gasteiger partial charge >= 0.3 is 0 Å². The number of carbonyl (C=O) groups is 2. The maximum absolute atomic E-state index is 11.9. The average Bonchev–Trinajstić information content (AvgIpc) is 2.35. The van der Waals surface area contributed by atoms with Gasteiger partial charge in [-0.15, -0.1) is 0 Å². The molecule has 1 aliphatic heterocycles. The van der Waals surface area contributed by atoms with Crippen molar-refractivity contribution in [2.75, 3.05) is 18.6 Å². The van der Waals surface area contributed by atoms with Gasteiger partial charge in [-0.3, -0.25) is 9.59 Å². The number of anilines is 1. The van der Waals surface area contributed by atoms with E-state index in [1.54, 1.807) is 12.1 Å². The number of rotatable bonds is 3. The third-order valence-corrected chi connectivity index (χ3v) is 2.12. The molecule has 0 aromatic carbocycles. The summed E-state index contributed by atoms with van der Waals surface area (Å²) in [6.07, 6.45) is 0. The Morgan fingerprint density at radius 2 is 2.41 bits per heavy atom. The molecular formula is C10H10FN3O3. The lowest BCUT2D eigenvalue weighted by Gasteiger charge is -2.17. The van der Waals surface area contributed by atoms with Crippen LogP contribution in [0.4, 0.5) is 10.2 Å². The van der Waals surface area contributed by atoms with Crippen LogP contribution in [0.15, 0.2) is 12.1 Å². The molecule has 0 radical (unpaired) electrons. The van der Waals surface area contributed by atoms with Crippen molar-refractivity contribution >= 4 is 17.6 Å². The lowest BCUT2D eigenvalue weighted by atomic mass is 10.3. The van der Waals surface area contributed by atoms with Crippen LogP contribution in [0.25, 0.3) is 0 Å². The Hall–Kier alpha value is -2.18. The summed E-state index contributed by atoms with van der Waals surface area (Å²) in [6.45, 7) is -0.997. The van der Waals surface area contributed by atoms with E-state index in [9.17, 15) is 14.0 Å². The summed E-state index contributed by atoms with van der Waals surface area (Å²) < 4.78 is 17.0. The van der Waals surface area contributed by atoms with Crippen LogP contribution in [-0.2, 0) is 16.1 Å². The number of alkyl halides is 1. The number of nitrogens with zero attached hydrogens (tertiary/aromatic N) is 1. The largest absolute Gasteiger partial charge is 0.480 e. The second-order valence-electron chi connectivity index (χ2n) is 3.40. The first-order chi connectivity index (χ1) is 8.19. The second kappa shape index (κ2) is 4.77. The van der Waals surface area contributed by atoms with Crippen molar-refractivity contribution in [1.29, 1.82) is 0 Å². The van der Waals surface area contributed by atoms with Gasteiger partial charge in [-0.05, 0) is 12.1 Å². The van der Waals surface area contributed by atoms with E-state index in [0.717, 1.165) is 0 Å². The van der Waals surface area contributed by atoms with Crippen molar-refractivity contribution in [1.82, 2.24) is 10.3 Å². The van der Waals surface area contributed by atoms with Crippen molar-refractivity contribution in [2.45, 2.75) is 6.54 Å². The Bertz CT molecular complexity index is 464. The highest BCUT2D eigenvalue weighted by atomic mass is 19.1. The molecule has 0 saturated heterocycles. The minimum atomic E-state index is -1.06. The van der Waals surface area contributed by atoms with Gasteiger partial charge in [-0.2, -0.15) is 0 Å². The van der Waals surface area contributed by atoms with Crippen LogP contribution in [0.2, 0.25) is 0 Å². The predicted molar refractivity (Wildman–Crippen MR) is 56.2 cm³/mol. The van der Waals surface area contributed by atoms with E-state index >= 15 is 0 Å². The van der Waals surface area contributed by atoms with Crippen LogP contribution in [0.5, 0.6) is 5.75 Å². The van der Waals surface area contributed by atoms with Crippen molar-refractivity contribution in [2.24, 2.45) is 0 Å². The predicted octanol–water partition coefficient (Wildman–Crippen LogP) is -0.00180. The summed E-state index contributed by atoms with van der Waals surface area (Å²) in [6, 6.07) is 3.27. The summed E-state index contributed by atoms with van der Waals surface area (Å²) in [4.78, 5) is 25.8. The van der Waals surface area contributed by atoms with Crippen molar-refractivity contribution < 1.29 is 18.7 Å². The molecule has 2 rings (SSSR count). The molecule has 0 atom stereocenters. The number of hydrogen-bond acceptors (Lipinski definition) is 4. The molecule has 1 aliphatic rings. The first kappa shape index (κ1) is 11.3. The normalized spacial score (nSPS) is 13.4. The molecule has 1 aromatic rings. The Balaban J connectivity index is 2.07. The SMILES string of the molecule is O=C(CF)NCc1ccc2c(n1)NC(=O)CO2. The molecule has 17 heavy (non-hydrogen) atoms. The average molecular weight is 239 g/mol. The maximum Gasteiger partial charge on any atom is 0.263 e. The van der Waals surface area contributed by atoms with Crippen LogP contribution in [-0.4, -0.2) is 30.1 Å².